The number of benzene rings is 3. The van der Waals surface area contributed by atoms with Crippen molar-refractivity contribution in [2.75, 3.05) is 0 Å². The van der Waals surface area contributed by atoms with Crippen LogP contribution < -0.4 is 11.1 Å². The minimum atomic E-state index is -0.919. The number of thioether (sulfide) groups is 1. The summed E-state index contributed by atoms with van der Waals surface area (Å²) in [7, 11) is 0. The molecule has 1 atom stereocenters. The van der Waals surface area contributed by atoms with Crippen LogP contribution in [0.1, 0.15) is 18.0 Å². The minimum absolute atomic E-state index is 0.147. The molecule has 0 radical (unpaired) electrons. The lowest BCUT2D eigenvalue weighted by atomic mass is 10.2. The van der Waals surface area contributed by atoms with Crippen molar-refractivity contribution in [1.29, 1.82) is 0 Å². The molecule has 0 aliphatic rings. The van der Waals surface area contributed by atoms with Gasteiger partial charge in [-0.3, -0.25) is 14.2 Å². The molecule has 5 rings (SSSR count). The van der Waals surface area contributed by atoms with Crippen LogP contribution in [0.15, 0.2) is 75.4 Å². The largest absolute Gasteiger partial charge is 0.309 e. The quantitative estimate of drug-likeness (QED) is 0.266. The summed E-state index contributed by atoms with van der Waals surface area (Å²) in [5.41, 5.74) is -0.126. The maximum Gasteiger partial charge on any atom is 0.266 e. The monoisotopic (exact) mass is 496 g/mol. The topological polar surface area (TPSA) is 80.6 Å². The van der Waals surface area contributed by atoms with Crippen molar-refractivity contribution in [3.63, 3.8) is 0 Å². The van der Waals surface area contributed by atoms with Crippen LogP contribution in [-0.4, -0.2) is 19.5 Å². The van der Waals surface area contributed by atoms with Crippen molar-refractivity contribution in [1.82, 2.24) is 19.5 Å². The van der Waals surface area contributed by atoms with Crippen LogP contribution >= 0.6 is 23.4 Å². The number of para-hydroxylation sites is 1. The molecule has 1 N–H and O–H groups in total. The van der Waals surface area contributed by atoms with Crippen LogP contribution in [-0.2, 0) is 0 Å². The van der Waals surface area contributed by atoms with Gasteiger partial charge in [0.1, 0.15) is 17.5 Å². The first-order valence-electron chi connectivity index (χ1n) is 10.1. The summed E-state index contributed by atoms with van der Waals surface area (Å²) in [6, 6.07) is 14.5. The smallest absolute Gasteiger partial charge is 0.266 e. The van der Waals surface area contributed by atoms with Crippen molar-refractivity contribution in [3.05, 3.63) is 104 Å². The van der Waals surface area contributed by atoms with Gasteiger partial charge < -0.3 is 4.98 Å². The van der Waals surface area contributed by atoms with E-state index in [1.807, 2.05) is 0 Å². The predicted octanol–water partition coefficient (Wildman–Crippen LogP) is 5.41. The molecule has 2 heterocycles. The summed E-state index contributed by atoms with van der Waals surface area (Å²) < 4.78 is 29.4. The van der Waals surface area contributed by atoms with Crippen LogP contribution in [0.25, 0.3) is 27.5 Å². The fourth-order valence-electron chi connectivity index (χ4n) is 3.60. The maximum absolute atomic E-state index is 14.7. The van der Waals surface area contributed by atoms with Crippen LogP contribution in [0.3, 0.4) is 0 Å². The second-order valence-corrected chi connectivity index (χ2v) is 9.26. The normalized spacial score (nSPS) is 12.4. The highest BCUT2D eigenvalue weighted by atomic mass is 35.5. The van der Waals surface area contributed by atoms with E-state index in [1.165, 1.54) is 12.1 Å². The molecule has 2 aromatic heterocycles. The van der Waals surface area contributed by atoms with Gasteiger partial charge in [-0.25, -0.2) is 18.7 Å². The summed E-state index contributed by atoms with van der Waals surface area (Å²) in [6.45, 7) is 1.78. The lowest BCUT2D eigenvalue weighted by molar-refractivity contribution is 0.572. The van der Waals surface area contributed by atoms with Gasteiger partial charge in [-0.15, -0.1) is 0 Å². The molecule has 0 aliphatic heterocycles. The Morgan fingerprint density at radius 2 is 1.74 bits per heavy atom. The second kappa shape index (κ2) is 8.66. The molecule has 0 amide bonds. The SMILES string of the molecule is CC(Sc1nc2ccc(Cl)cc2c(=O)n1-c1ccc(F)cc1F)c1nc2ccccc2c(=O)[nH]1. The molecule has 10 heteroatoms. The van der Waals surface area contributed by atoms with E-state index in [-0.39, 0.29) is 21.8 Å². The van der Waals surface area contributed by atoms with E-state index >= 15 is 0 Å². The Morgan fingerprint density at radius 3 is 2.53 bits per heavy atom. The first-order chi connectivity index (χ1) is 16.3. The number of rotatable bonds is 4. The average molecular weight is 497 g/mol. The van der Waals surface area contributed by atoms with E-state index in [2.05, 4.69) is 15.0 Å². The highest BCUT2D eigenvalue weighted by Gasteiger charge is 2.21. The standard InChI is InChI=1S/C24H15ClF2N4O2S/c1-12(21-28-18-5-3-2-4-15(18)22(32)30-21)34-24-29-19-8-6-13(25)10-16(19)23(33)31(24)20-9-7-14(26)11-17(20)27/h2-12H,1H3,(H,28,30,32). The molecule has 0 aliphatic carbocycles. The van der Waals surface area contributed by atoms with Crippen LogP contribution in [0.5, 0.6) is 0 Å². The van der Waals surface area contributed by atoms with Crippen molar-refractivity contribution < 1.29 is 8.78 Å². The summed E-state index contributed by atoms with van der Waals surface area (Å²) >= 11 is 7.17. The summed E-state index contributed by atoms with van der Waals surface area (Å²) in [5, 5.41) is 0.640. The lowest BCUT2D eigenvalue weighted by Gasteiger charge is -2.17. The van der Waals surface area contributed by atoms with Crippen LogP contribution in [0.4, 0.5) is 8.78 Å². The Hall–Kier alpha value is -3.56. The zero-order valence-electron chi connectivity index (χ0n) is 17.6. The highest BCUT2D eigenvalue weighted by molar-refractivity contribution is 7.99. The third kappa shape index (κ3) is 3.97. The molecule has 0 spiro atoms. The third-order valence-electron chi connectivity index (χ3n) is 5.25. The summed E-state index contributed by atoms with van der Waals surface area (Å²) in [4.78, 5) is 37.8. The van der Waals surface area contributed by atoms with E-state index < -0.39 is 22.4 Å². The summed E-state index contributed by atoms with van der Waals surface area (Å²) in [5.74, 6) is -1.33. The van der Waals surface area contributed by atoms with Gasteiger partial charge in [0, 0.05) is 11.1 Å². The number of halogens is 3. The molecular formula is C24H15ClF2N4O2S. The van der Waals surface area contributed by atoms with Gasteiger partial charge >= 0.3 is 0 Å². The van der Waals surface area contributed by atoms with E-state index in [0.29, 0.717) is 33.3 Å². The molecule has 34 heavy (non-hydrogen) atoms. The van der Waals surface area contributed by atoms with Crippen LogP contribution in [0, 0.1) is 11.6 Å². The van der Waals surface area contributed by atoms with Crippen molar-refractivity contribution in [2.45, 2.75) is 17.3 Å². The number of aromatic nitrogens is 4. The lowest BCUT2D eigenvalue weighted by Crippen LogP contribution is -2.23. The van der Waals surface area contributed by atoms with Gasteiger partial charge in [0.25, 0.3) is 11.1 Å². The van der Waals surface area contributed by atoms with Gasteiger partial charge in [-0.1, -0.05) is 35.5 Å². The number of nitrogens with one attached hydrogen (secondary N) is 1. The second-order valence-electron chi connectivity index (χ2n) is 7.52. The van der Waals surface area contributed by atoms with E-state index in [4.69, 9.17) is 11.6 Å². The minimum Gasteiger partial charge on any atom is -0.309 e. The summed E-state index contributed by atoms with van der Waals surface area (Å²) in [6.07, 6.45) is 0. The molecule has 0 fully saturated rings. The number of aromatic amines is 1. The molecular weight excluding hydrogens is 482 g/mol. The van der Waals surface area contributed by atoms with Gasteiger partial charge in [-0.05, 0) is 49.4 Å². The van der Waals surface area contributed by atoms with Gasteiger partial charge in [-0.2, -0.15) is 0 Å². The highest BCUT2D eigenvalue weighted by Crippen LogP contribution is 2.34. The Balaban J connectivity index is 1.69. The Kier molecular flexibility index (Phi) is 5.66. The number of H-pyrrole nitrogens is 1. The number of hydrogen-bond acceptors (Lipinski definition) is 5. The average Bonchev–Trinajstić information content (AvgIpc) is 2.81. The molecule has 5 aromatic rings. The van der Waals surface area contributed by atoms with Gasteiger partial charge in [0.2, 0.25) is 0 Å². The zero-order chi connectivity index (χ0) is 24.0. The fraction of sp³-hybridized carbons (Fsp3) is 0.0833. The Morgan fingerprint density at radius 1 is 0.971 bits per heavy atom. The van der Waals surface area contributed by atoms with Gasteiger partial charge in [0.05, 0.1) is 32.7 Å². The number of hydrogen-bond donors (Lipinski definition) is 1. The molecule has 0 saturated heterocycles. The van der Waals surface area contributed by atoms with E-state index in [1.54, 1.807) is 43.3 Å². The molecule has 6 nitrogen and oxygen atoms in total. The third-order valence-corrected chi connectivity index (χ3v) is 6.55. The van der Waals surface area contributed by atoms with E-state index in [9.17, 15) is 18.4 Å². The van der Waals surface area contributed by atoms with Gasteiger partial charge in [0.15, 0.2) is 5.16 Å². The van der Waals surface area contributed by atoms with Crippen LogP contribution in [0.2, 0.25) is 5.02 Å². The Labute approximate surface area is 200 Å². The zero-order valence-corrected chi connectivity index (χ0v) is 19.1. The van der Waals surface area contributed by atoms with Crippen molar-refractivity contribution in [2.24, 2.45) is 0 Å². The molecule has 1 unspecified atom stereocenters. The van der Waals surface area contributed by atoms with Crippen molar-refractivity contribution >= 4 is 45.2 Å². The molecule has 170 valence electrons. The van der Waals surface area contributed by atoms with Crippen molar-refractivity contribution in [3.8, 4) is 5.69 Å². The maximum atomic E-state index is 14.7. The number of fused-ring (bicyclic) bond motifs is 2. The molecule has 3 aromatic carbocycles. The first kappa shape index (κ1) is 22.2. The fourth-order valence-corrected chi connectivity index (χ4v) is 4.75. The van der Waals surface area contributed by atoms with E-state index in [0.717, 1.165) is 22.4 Å². The molecule has 0 saturated carbocycles. The predicted molar refractivity (Wildman–Crippen MR) is 129 cm³/mol. The molecule has 0 bridgehead atoms. The number of nitrogens with zero attached hydrogens (tertiary/aromatic N) is 3. The first-order valence-corrected chi connectivity index (χ1v) is 11.4. The Bertz CT molecular complexity index is 1700.